The van der Waals surface area contributed by atoms with Gasteiger partial charge in [0.25, 0.3) is 0 Å². The van der Waals surface area contributed by atoms with E-state index in [1.165, 1.54) is 5.56 Å². The molecule has 1 saturated heterocycles. The zero-order valence-electron chi connectivity index (χ0n) is 15.3. The summed E-state index contributed by atoms with van der Waals surface area (Å²) < 4.78 is 5.41. The molecule has 0 spiro atoms. The predicted octanol–water partition coefficient (Wildman–Crippen LogP) is 4.67. The highest BCUT2D eigenvalue weighted by Gasteiger charge is 2.44. The van der Waals surface area contributed by atoms with Gasteiger partial charge in [0.05, 0.1) is 6.04 Å². The summed E-state index contributed by atoms with van der Waals surface area (Å²) in [7, 11) is 0. The average molecular weight is 385 g/mol. The fraction of sp³-hybridized carbons (Fsp3) is 0.409. The second-order valence-electron chi connectivity index (χ2n) is 7.64. The van der Waals surface area contributed by atoms with Crippen LogP contribution in [0.3, 0.4) is 0 Å². The molecule has 1 amide bonds. The Bertz CT molecular complexity index is 803. The van der Waals surface area contributed by atoms with Crippen LogP contribution in [-0.4, -0.2) is 30.2 Å². The van der Waals surface area contributed by atoms with Gasteiger partial charge in [0.2, 0.25) is 0 Å². The largest absolute Gasteiger partial charge is 0.447 e. The normalized spacial score (nSPS) is 28.2. The first-order chi connectivity index (χ1) is 13.1. The van der Waals surface area contributed by atoms with Crippen LogP contribution in [0.25, 0.3) is 0 Å². The Morgan fingerprint density at radius 1 is 1.11 bits per heavy atom. The molecule has 142 valence electrons. The van der Waals surface area contributed by atoms with Crippen molar-refractivity contribution in [2.24, 2.45) is 5.73 Å². The van der Waals surface area contributed by atoms with Crippen LogP contribution in [0, 0.1) is 0 Å². The third-order valence-corrected chi connectivity index (χ3v) is 6.46. The van der Waals surface area contributed by atoms with Crippen LogP contribution in [0.4, 0.5) is 4.79 Å². The highest BCUT2D eigenvalue weighted by atomic mass is 35.5. The number of rotatable bonds is 4. The van der Waals surface area contributed by atoms with Gasteiger partial charge < -0.3 is 10.5 Å². The van der Waals surface area contributed by atoms with Crippen molar-refractivity contribution >= 4 is 17.7 Å². The van der Waals surface area contributed by atoms with Crippen LogP contribution in [0.15, 0.2) is 54.6 Å². The van der Waals surface area contributed by atoms with Gasteiger partial charge in [-0.15, -0.1) is 0 Å². The van der Waals surface area contributed by atoms with Crippen molar-refractivity contribution in [1.29, 1.82) is 0 Å². The number of ether oxygens (including phenoxy) is 1. The number of halogens is 1. The molecule has 0 unspecified atom stereocenters. The topological polar surface area (TPSA) is 55.6 Å². The lowest BCUT2D eigenvalue weighted by atomic mass is 9.68. The van der Waals surface area contributed by atoms with E-state index >= 15 is 0 Å². The van der Waals surface area contributed by atoms with Crippen molar-refractivity contribution in [2.45, 2.75) is 43.2 Å². The number of hydrogen-bond acceptors (Lipinski definition) is 3. The van der Waals surface area contributed by atoms with Gasteiger partial charge in [0.15, 0.2) is 0 Å². The summed E-state index contributed by atoms with van der Waals surface area (Å²) in [6.45, 7) is 1.02. The molecule has 1 atom stereocenters. The molecular formula is C22H25ClN2O2. The summed E-state index contributed by atoms with van der Waals surface area (Å²) in [6, 6.07) is 18.4. The zero-order valence-corrected chi connectivity index (χ0v) is 16.1. The quantitative estimate of drug-likeness (QED) is 0.833. The van der Waals surface area contributed by atoms with Crippen LogP contribution >= 0.6 is 11.6 Å². The molecule has 2 N–H and O–H groups in total. The monoisotopic (exact) mass is 384 g/mol. The molecule has 0 radical (unpaired) electrons. The van der Waals surface area contributed by atoms with Crippen molar-refractivity contribution in [3.63, 3.8) is 0 Å². The molecule has 1 heterocycles. The Morgan fingerprint density at radius 3 is 2.52 bits per heavy atom. The van der Waals surface area contributed by atoms with E-state index in [0.717, 1.165) is 36.3 Å². The first-order valence-electron chi connectivity index (χ1n) is 9.59. The van der Waals surface area contributed by atoms with Gasteiger partial charge >= 0.3 is 6.09 Å². The highest BCUT2D eigenvalue weighted by Crippen LogP contribution is 2.43. The van der Waals surface area contributed by atoms with Gasteiger partial charge in [-0.05, 0) is 48.9 Å². The van der Waals surface area contributed by atoms with E-state index in [2.05, 4.69) is 18.2 Å². The Labute approximate surface area is 165 Å². The molecule has 2 aromatic rings. The summed E-state index contributed by atoms with van der Waals surface area (Å²) in [6.07, 6.45) is 3.53. The number of nitrogens with zero attached hydrogens (tertiary/aromatic N) is 1. The van der Waals surface area contributed by atoms with E-state index in [-0.39, 0.29) is 23.6 Å². The van der Waals surface area contributed by atoms with Gasteiger partial charge in [-0.1, -0.05) is 54.1 Å². The fourth-order valence-corrected chi connectivity index (χ4v) is 4.82. The third kappa shape index (κ3) is 3.44. The fourth-order valence-electron chi connectivity index (χ4n) is 4.63. The summed E-state index contributed by atoms with van der Waals surface area (Å²) in [5, 5.41) is 0.745. The molecule has 0 aromatic heterocycles. The molecule has 5 heteroatoms. The molecule has 2 fully saturated rings. The molecule has 4 rings (SSSR count). The van der Waals surface area contributed by atoms with Crippen molar-refractivity contribution in [2.75, 3.05) is 13.2 Å². The number of carbonyl (C=O) groups excluding carboxylic acids is 1. The maximum Gasteiger partial charge on any atom is 0.410 e. The van der Waals surface area contributed by atoms with E-state index < -0.39 is 0 Å². The van der Waals surface area contributed by atoms with E-state index in [4.69, 9.17) is 22.1 Å². The average Bonchev–Trinajstić information content (AvgIpc) is 3.10. The Morgan fingerprint density at radius 2 is 1.85 bits per heavy atom. The molecule has 1 aliphatic carbocycles. The summed E-state index contributed by atoms with van der Waals surface area (Å²) >= 11 is 6.21. The second-order valence-corrected chi connectivity index (χ2v) is 8.07. The molecule has 1 saturated carbocycles. The van der Waals surface area contributed by atoms with Crippen molar-refractivity contribution < 1.29 is 9.53 Å². The van der Waals surface area contributed by atoms with Gasteiger partial charge in [-0.25, -0.2) is 4.79 Å². The molecule has 0 bridgehead atoms. The van der Waals surface area contributed by atoms with Crippen LogP contribution in [-0.2, 0) is 10.2 Å². The number of hydrogen-bond donors (Lipinski definition) is 1. The van der Waals surface area contributed by atoms with Crippen LogP contribution in [0.5, 0.6) is 0 Å². The highest BCUT2D eigenvalue weighted by molar-refractivity contribution is 6.30. The molecule has 27 heavy (non-hydrogen) atoms. The Hall–Kier alpha value is -2.04. The number of amides is 1. The maximum absolute atomic E-state index is 12.5. The third-order valence-electron chi connectivity index (χ3n) is 6.23. The minimum atomic E-state index is -0.197. The second kappa shape index (κ2) is 7.53. The summed E-state index contributed by atoms with van der Waals surface area (Å²) in [5.74, 6) is 0. The Kier molecular flexibility index (Phi) is 5.11. The van der Waals surface area contributed by atoms with Crippen molar-refractivity contribution in [3.05, 3.63) is 70.7 Å². The number of nitrogens with two attached hydrogens (primary N) is 1. The minimum Gasteiger partial charge on any atom is -0.447 e. The van der Waals surface area contributed by atoms with Gasteiger partial charge in [-0.3, -0.25) is 4.90 Å². The van der Waals surface area contributed by atoms with E-state index in [1.54, 1.807) is 0 Å². The van der Waals surface area contributed by atoms with Gasteiger partial charge in [0.1, 0.15) is 6.61 Å². The zero-order chi connectivity index (χ0) is 18.9. The SMILES string of the molecule is NCC1(c2cccc(Cl)c2)CCC(N2C(=O)OC[C@@H]2c2ccccc2)CC1. The standard InChI is InChI=1S/C22H25ClN2O2/c23-18-8-4-7-17(13-18)22(15-24)11-9-19(10-12-22)25-20(14-27-21(25)26)16-5-2-1-3-6-16/h1-8,13,19-20H,9-12,14-15,24H2/t19?,20-,22?/m1/s1. The van der Waals surface area contributed by atoms with Crippen LogP contribution in [0.2, 0.25) is 5.02 Å². The smallest absolute Gasteiger partial charge is 0.410 e. The lowest BCUT2D eigenvalue weighted by molar-refractivity contribution is 0.117. The number of carbonyl (C=O) groups is 1. The Balaban J connectivity index is 1.53. The number of cyclic esters (lactones) is 1. The first-order valence-corrected chi connectivity index (χ1v) is 9.97. The molecule has 2 aromatic carbocycles. The van der Waals surface area contributed by atoms with E-state index in [0.29, 0.717) is 13.2 Å². The minimum absolute atomic E-state index is 0.000228. The van der Waals surface area contributed by atoms with Crippen molar-refractivity contribution in [3.8, 4) is 0 Å². The molecule has 4 nitrogen and oxygen atoms in total. The molecular weight excluding hydrogens is 360 g/mol. The van der Waals surface area contributed by atoms with Crippen LogP contribution in [0.1, 0.15) is 42.9 Å². The lowest BCUT2D eigenvalue weighted by Crippen LogP contribution is -2.46. The summed E-state index contributed by atoms with van der Waals surface area (Å²) in [5.41, 5.74) is 8.50. The molecule has 2 aliphatic rings. The maximum atomic E-state index is 12.5. The van der Waals surface area contributed by atoms with E-state index in [9.17, 15) is 4.79 Å². The van der Waals surface area contributed by atoms with Gasteiger partial charge in [-0.2, -0.15) is 0 Å². The first kappa shape index (κ1) is 18.3. The summed E-state index contributed by atoms with van der Waals surface area (Å²) in [4.78, 5) is 14.4. The number of benzene rings is 2. The van der Waals surface area contributed by atoms with Crippen molar-refractivity contribution in [1.82, 2.24) is 4.90 Å². The van der Waals surface area contributed by atoms with Gasteiger partial charge in [0, 0.05) is 23.0 Å². The van der Waals surface area contributed by atoms with E-state index in [1.807, 2.05) is 41.3 Å². The van der Waals surface area contributed by atoms with Crippen LogP contribution < -0.4 is 5.73 Å². The predicted molar refractivity (Wildman–Crippen MR) is 107 cm³/mol. The lowest BCUT2D eigenvalue weighted by Gasteiger charge is -2.43. The molecule has 1 aliphatic heterocycles.